The Kier molecular flexibility index (Phi) is 3.31. The van der Waals surface area contributed by atoms with Gasteiger partial charge >= 0.3 is 5.69 Å². The number of rotatable bonds is 4. The van der Waals surface area contributed by atoms with E-state index in [1.807, 2.05) is 6.92 Å². The lowest BCUT2D eigenvalue weighted by Crippen LogP contribution is -2.41. The van der Waals surface area contributed by atoms with Crippen LogP contribution in [-0.2, 0) is 13.1 Å². The first kappa shape index (κ1) is 12.5. The molecular weight excluding hydrogens is 239 g/mol. The number of H-pyrrole nitrogens is 1. The van der Waals surface area contributed by atoms with Crippen molar-refractivity contribution >= 4 is 11.2 Å². The van der Waals surface area contributed by atoms with Gasteiger partial charge in [-0.1, -0.05) is 6.92 Å². The zero-order valence-corrected chi connectivity index (χ0v) is 10.3. The Hall–Kier alpha value is -1.92. The van der Waals surface area contributed by atoms with E-state index in [4.69, 9.17) is 0 Å². The van der Waals surface area contributed by atoms with E-state index in [2.05, 4.69) is 9.97 Å². The number of halogens is 1. The SMILES string of the molecule is CCCn1c(=O)c2[nH]cnc2n(CC(C)F)c1=O. The lowest BCUT2D eigenvalue weighted by atomic mass is 10.4. The van der Waals surface area contributed by atoms with Gasteiger partial charge in [-0.15, -0.1) is 0 Å². The molecule has 2 rings (SSSR count). The molecule has 2 aromatic heterocycles. The van der Waals surface area contributed by atoms with Crippen molar-refractivity contribution in [3.05, 3.63) is 27.2 Å². The summed E-state index contributed by atoms with van der Waals surface area (Å²) in [6.45, 7) is 3.43. The number of imidazole rings is 1. The molecule has 6 nitrogen and oxygen atoms in total. The molecule has 2 heterocycles. The predicted octanol–water partition coefficient (Wildman–Crippen LogP) is 0.654. The summed E-state index contributed by atoms with van der Waals surface area (Å²) in [5, 5.41) is 0. The zero-order valence-electron chi connectivity index (χ0n) is 10.3. The third-order valence-electron chi connectivity index (χ3n) is 2.68. The number of nitrogens with one attached hydrogen (secondary N) is 1. The van der Waals surface area contributed by atoms with Crippen LogP contribution in [0.3, 0.4) is 0 Å². The van der Waals surface area contributed by atoms with Crippen molar-refractivity contribution in [2.75, 3.05) is 0 Å². The Labute approximate surface area is 102 Å². The minimum Gasteiger partial charge on any atom is -0.339 e. The summed E-state index contributed by atoms with van der Waals surface area (Å²) in [6.07, 6.45) is 0.802. The molecule has 0 radical (unpaired) electrons. The molecule has 7 heteroatoms. The molecule has 0 amide bonds. The first-order chi connectivity index (χ1) is 8.56. The molecule has 1 unspecified atom stereocenters. The van der Waals surface area contributed by atoms with Gasteiger partial charge in [0.15, 0.2) is 5.65 Å². The fourth-order valence-corrected chi connectivity index (χ4v) is 1.94. The van der Waals surface area contributed by atoms with Gasteiger partial charge in [0, 0.05) is 6.54 Å². The molecule has 0 aliphatic heterocycles. The fourth-order valence-electron chi connectivity index (χ4n) is 1.94. The second-order valence-electron chi connectivity index (χ2n) is 4.23. The molecule has 0 saturated heterocycles. The topological polar surface area (TPSA) is 72.7 Å². The van der Waals surface area contributed by atoms with Crippen LogP contribution >= 0.6 is 0 Å². The number of aromatic amines is 1. The maximum absolute atomic E-state index is 13.1. The van der Waals surface area contributed by atoms with Gasteiger partial charge in [0.1, 0.15) is 11.7 Å². The maximum atomic E-state index is 13.1. The third-order valence-corrected chi connectivity index (χ3v) is 2.68. The lowest BCUT2D eigenvalue weighted by Gasteiger charge is -2.10. The van der Waals surface area contributed by atoms with Crippen molar-refractivity contribution in [1.29, 1.82) is 0 Å². The van der Waals surface area contributed by atoms with E-state index in [1.165, 1.54) is 17.8 Å². The van der Waals surface area contributed by atoms with Crippen LogP contribution in [-0.4, -0.2) is 25.3 Å². The van der Waals surface area contributed by atoms with Crippen molar-refractivity contribution in [2.45, 2.75) is 39.5 Å². The normalized spacial score (nSPS) is 13.1. The molecule has 1 N–H and O–H groups in total. The lowest BCUT2D eigenvalue weighted by molar-refractivity contribution is 0.316. The van der Waals surface area contributed by atoms with Crippen LogP contribution < -0.4 is 11.2 Å². The van der Waals surface area contributed by atoms with Crippen LogP contribution in [0.25, 0.3) is 11.2 Å². The van der Waals surface area contributed by atoms with E-state index in [1.54, 1.807) is 0 Å². The number of fused-ring (bicyclic) bond motifs is 1. The molecule has 0 aromatic carbocycles. The summed E-state index contributed by atoms with van der Waals surface area (Å²) >= 11 is 0. The summed E-state index contributed by atoms with van der Waals surface area (Å²) in [7, 11) is 0. The molecule has 0 spiro atoms. The van der Waals surface area contributed by atoms with Crippen LogP contribution in [0.1, 0.15) is 20.3 Å². The Morgan fingerprint density at radius 2 is 2.17 bits per heavy atom. The van der Waals surface area contributed by atoms with E-state index in [0.29, 0.717) is 13.0 Å². The second-order valence-corrected chi connectivity index (χ2v) is 4.23. The number of aromatic nitrogens is 4. The maximum Gasteiger partial charge on any atom is 0.332 e. The van der Waals surface area contributed by atoms with E-state index in [9.17, 15) is 14.0 Å². The third kappa shape index (κ3) is 1.96. The molecule has 0 fully saturated rings. The van der Waals surface area contributed by atoms with Crippen molar-refractivity contribution in [1.82, 2.24) is 19.1 Å². The molecule has 0 saturated carbocycles. The van der Waals surface area contributed by atoms with Crippen LogP contribution in [0, 0.1) is 0 Å². The van der Waals surface area contributed by atoms with Gasteiger partial charge in [-0.2, -0.15) is 0 Å². The molecule has 0 bridgehead atoms. The smallest absolute Gasteiger partial charge is 0.332 e. The van der Waals surface area contributed by atoms with E-state index >= 15 is 0 Å². The van der Waals surface area contributed by atoms with Gasteiger partial charge in [-0.05, 0) is 13.3 Å². The molecular formula is C11H15FN4O2. The highest BCUT2D eigenvalue weighted by Crippen LogP contribution is 2.03. The Morgan fingerprint density at radius 3 is 2.78 bits per heavy atom. The van der Waals surface area contributed by atoms with E-state index < -0.39 is 17.4 Å². The van der Waals surface area contributed by atoms with Gasteiger partial charge < -0.3 is 4.98 Å². The molecule has 18 heavy (non-hydrogen) atoms. The molecule has 2 aromatic rings. The molecule has 1 atom stereocenters. The second kappa shape index (κ2) is 4.75. The Morgan fingerprint density at radius 1 is 1.44 bits per heavy atom. The average molecular weight is 254 g/mol. The van der Waals surface area contributed by atoms with Gasteiger partial charge in [-0.25, -0.2) is 14.2 Å². The quantitative estimate of drug-likeness (QED) is 0.870. The van der Waals surface area contributed by atoms with Crippen molar-refractivity contribution in [3.8, 4) is 0 Å². The minimum atomic E-state index is -1.19. The predicted molar refractivity (Wildman–Crippen MR) is 65.5 cm³/mol. The summed E-state index contributed by atoms with van der Waals surface area (Å²) in [5.41, 5.74) is -0.464. The monoisotopic (exact) mass is 254 g/mol. The number of hydrogen-bond donors (Lipinski definition) is 1. The first-order valence-corrected chi connectivity index (χ1v) is 5.87. The van der Waals surface area contributed by atoms with Crippen LogP contribution in [0.15, 0.2) is 15.9 Å². The van der Waals surface area contributed by atoms with Gasteiger partial charge in [-0.3, -0.25) is 13.9 Å². The highest BCUT2D eigenvalue weighted by Gasteiger charge is 2.15. The first-order valence-electron chi connectivity index (χ1n) is 5.87. The average Bonchev–Trinajstić information content (AvgIpc) is 2.79. The summed E-state index contributed by atoms with van der Waals surface area (Å²) in [4.78, 5) is 30.8. The molecule has 98 valence electrons. The largest absolute Gasteiger partial charge is 0.339 e. The fraction of sp³-hybridized carbons (Fsp3) is 0.545. The highest BCUT2D eigenvalue weighted by molar-refractivity contribution is 5.68. The summed E-state index contributed by atoms with van der Waals surface area (Å²) < 4.78 is 15.5. The number of alkyl halides is 1. The Balaban J connectivity index is 2.78. The van der Waals surface area contributed by atoms with E-state index in [-0.39, 0.29) is 17.7 Å². The number of nitrogens with zero attached hydrogens (tertiary/aromatic N) is 3. The van der Waals surface area contributed by atoms with Crippen molar-refractivity contribution < 1.29 is 4.39 Å². The molecule has 0 aliphatic carbocycles. The highest BCUT2D eigenvalue weighted by atomic mass is 19.1. The summed E-state index contributed by atoms with van der Waals surface area (Å²) in [6, 6.07) is 0. The van der Waals surface area contributed by atoms with Gasteiger partial charge in [0.05, 0.1) is 12.9 Å². The Bertz CT molecular complexity index is 668. The van der Waals surface area contributed by atoms with Crippen LogP contribution in [0.5, 0.6) is 0 Å². The number of hydrogen-bond acceptors (Lipinski definition) is 3. The van der Waals surface area contributed by atoms with Crippen LogP contribution in [0.4, 0.5) is 4.39 Å². The molecule has 0 aliphatic rings. The van der Waals surface area contributed by atoms with E-state index in [0.717, 1.165) is 4.57 Å². The minimum absolute atomic E-state index is 0.107. The zero-order chi connectivity index (χ0) is 13.3. The standard InChI is InChI=1S/C11H15FN4O2/c1-3-4-15-10(17)8-9(14-6-13-8)16(11(15)18)5-7(2)12/h6-7H,3-5H2,1-2H3,(H,13,14). The van der Waals surface area contributed by atoms with Crippen molar-refractivity contribution in [3.63, 3.8) is 0 Å². The van der Waals surface area contributed by atoms with Gasteiger partial charge in [0.25, 0.3) is 5.56 Å². The van der Waals surface area contributed by atoms with Gasteiger partial charge in [0.2, 0.25) is 0 Å². The summed E-state index contributed by atoms with van der Waals surface area (Å²) in [5.74, 6) is 0. The van der Waals surface area contributed by atoms with Crippen LogP contribution in [0.2, 0.25) is 0 Å². The van der Waals surface area contributed by atoms with Crippen molar-refractivity contribution in [2.24, 2.45) is 0 Å².